The fourth-order valence-corrected chi connectivity index (χ4v) is 3.74. The fraction of sp³-hybridized carbons (Fsp3) is 0.238. The van der Waals surface area contributed by atoms with Crippen LogP contribution < -0.4 is 0 Å². The number of hydrogen-bond acceptors (Lipinski definition) is 4. The van der Waals surface area contributed by atoms with Crippen LogP contribution in [-0.2, 0) is 4.79 Å². The zero-order valence-corrected chi connectivity index (χ0v) is 17.9. The maximum absolute atomic E-state index is 13.0. The Morgan fingerprint density at radius 1 is 1.14 bits per heavy atom. The molecule has 0 saturated carbocycles. The normalized spacial score (nSPS) is 10.9. The third-order valence-electron chi connectivity index (χ3n) is 4.91. The van der Waals surface area contributed by atoms with Gasteiger partial charge < -0.3 is 9.47 Å². The number of carbonyl (C=O) groups is 2. The molecule has 150 valence electrons. The monoisotopic (exact) mass is 457 g/mol. The van der Waals surface area contributed by atoms with Crippen LogP contribution in [0.4, 0.5) is 5.69 Å². The van der Waals surface area contributed by atoms with Crippen LogP contribution in [0, 0.1) is 17.0 Å². The van der Waals surface area contributed by atoms with Crippen molar-refractivity contribution in [2.24, 2.45) is 0 Å². The number of ketones is 1. The number of rotatable bonds is 6. The summed E-state index contributed by atoms with van der Waals surface area (Å²) < 4.78 is 2.58. The second kappa shape index (κ2) is 8.16. The number of Topliss-reactive ketones (excluding diaryl/α,β-unsaturated/α-hetero) is 1. The number of hydrogen-bond donors (Lipinski definition) is 0. The summed E-state index contributed by atoms with van der Waals surface area (Å²) >= 11 is 3.42. The highest BCUT2D eigenvalue weighted by molar-refractivity contribution is 9.10. The van der Waals surface area contributed by atoms with Crippen LogP contribution in [0.5, 0.6) is 0 Å². The summed E-state index contributed by atoms with van der Waals surface area (Å²) in [6.07, 6.45) is 1.63. The van der Waals surface area contributed by atoms with Gasteiger partial charge >= 0.3 is 0 Å². The summed E-state index contributed by atoms with van der Waals surface area (Å²) in [6.45, 7) is 6.33. The molecule has 0 saturated heterocycles. The molecule has 2 aromatic carbocycles. The van der Waals surface area contributed by atoms with Crippen molar-refractivity contribution in [2.75, 3.05) is 13.1 Å². The predicted octanol–water partition coefficient (Wildman–Crippen LogP) is 4.66. The van der Waals surface area contributed by atoms with E-state index in [1.54, 1.807) is 29.8 Å². The lowest BCUT2D eigenvalue weighted by Crippen LogP contribution is -2.36. The first-order valence-electron chi connectivity index (χ1n) is 9.18. The van der Waals surface area contributed by atoms with Crippen LogP contribution in [-0.4, -0.2) is 39.2 Å². The van der Waals surface area contributed by atoms with Gasteiger partial charge in [0.25, 0.3) is 17.4 Å². The molecule has 0 atom stereocenters. The fourth-order valence-electron chi connectivity index (χ4n) is 3.38. The van der Waals surface area contributed by atoms with Crippen LogP contribution in [0.3, 0.4) is 0 Å². The number of aromatic nitrogens is 1. The van der Waals surface area contributed by atoms with Crippen LogP contribution in [0.1, 0.15) is 29.8 Å². The first kappa shape index (κ1) is 20.7. The predicted molar refractivity (Wildman–Crippen MR) is 115 cm³/mol. The standard InChI is InChI=1S/C21H20BrN3O4/c1-4-23(5-2)21(27)20(26)17-12-24(19-8-6-14(22)11-16(17)19)18-9-7-15(25(28)29)10-13(18)3/h6-12H,4-5H2,1-3H3. The molecular weight excluding hydrogens is 438 g/mol. The van der Waals surface area contributed by atoms with Gasteiger partial charge in [0.05, 0.1) is 16.0 Å². The number of nitrogens with zero attached hydrogens (tertiary/aromatic N) is 3. The van der Waals surface area contributed by atoms with Crippen molar-refractivity contribution in [3.8, 4) is 5.69 Å². The molecule has 3 aromatic rings. The third kappa shape index (κ3) is 3.80. The zero-order chi connectivity index (χ0) is 21.3. The Balaban J connectivity index is 2.20. The molecule has 0 spiro atoms. The van der Waals surface area contributed by atoms with Gasteiger partial charge in [0.1, 0.15) is 0 Å². The van der Waals surface area contributed by atoms with Crippen LogP contribution in [0.25, 0.3) is 16.6 Å². The van der Waals surface area contributed by atoms with Crippen molar-refractivity contribution in [1.29, 1.82) is 0 Å². The summed E-state index contributed by atoms with van der Waals surface area (Å²) in [5.74, 6) is -1.12. The van der Waals surface area contributed by atoms with Gasteiger partial charge in [-0.3, -0.25) is 19.7 Å². The Morgan fingerprint density at radius 2 is 1.83 bits per heavy atom. The Labute approximate surface area is 176 Å². The average Bonchev–Trinajstić information content (AvgIpc) is 3.06. The average molecular weight is 458 g/mol. The number of amides is 1. The van der Waals surface area contributed by atoms with Gasteiger partial charge in [-0.05, 0) is 50.6 Å². The highest BCUT2D eigenvalue weighted by Crippen LogP contribution is 2.30. The minimum atomic E-state index is -0.574. The summed E-state index contributed by atoms with van der Waals surface area (Å²) in [4.78, 5) is 37.7. The minimum absolute atomic E-state index is 0.00142. The zero-order valence-electron chi connectivity index (χ0n) is 16.3. The molecule has 0 bridgehead atoms. The molecule has 7 nitrogen and oxygen atoms in total. The number of nitro groups is 1. The van der Waals surface area contributed by atoms with Crippen molar-refractivity contribution < 1.29 is 14.5 Å². The molecule has 0 unspecified atom stereocenters. The topological polar surface area (TPSA) is 85.5 Å². The first-order valence-corrected chi connectivity index (χ1v) is 9.97. The molecule has 8 heteroatoms. The molecule has 1 heterocycles. The summed E-state index contributed by atoms with van der Waals surface area (Å²) in [6, 6.07) is 10.1. The number of fused-ring (bicyclic) bond motifs is 1. The number of halogens is 1. The number of nitro benzene ring substituents is 1. The van der Waals surface area contributed by atoms with Gasteiger partial charge in [-0.2, -0.15) is 0 Å². The second-order valence-corrected chi connectivity index (χ2v) is 7.52. The van der Waals surface area contributed by atoms with Crippen molar-refractivity contribution >= 4 is 44.2 Å². The Bertz CT molecular complexity index is 1130. The smallest absolute Gasteiger partial charge is 0.295 e. The lowest BCUT2D eigenvalue weighted by molar-refractivity contribution is -0.384. The number of aryl methyl sites for hydroxylation is 1. The van der Waals surface area contributed by atoms with Crippen molar-refractivity contribution in [3.05, 3.63) is 68.3 Å². The minimum Gasteiger partial charge on any atom is -0.336 e. The molecule has 0 N–H and O–H groups in total. The summed E-state index contributed by atoms with van der Waals surface area (Å²) in [7, 11) is 0. The number of benzene rings is 2. The maximum Gasteiger partial charge on any atom is 0.295 e. The van der Waals surface area contributed by atoms with Crippen LogP contribution in [0.2, 0.25) is 0 Å². The van der Waals surface area contributed by atoms with Crippen LogP contribution >= 0.6 is 15.9 Å². The number of carbonyl (C=O) groups excluding carboxylic acids is 2. The van der Waals surface area contributed by atoms with E-state index in [0.717, 1.165) is 9.99 Å². The van der Waals surface area contributed by atoms with Gasteiger partial charge in [0.15, 0.2) is 0 Å². The maximum atomic E-state index is 13.0. The molecule has 3 rings (SSSR count). The Morgan fingerprint density at radius 3 is 2.41 bits per heavy atom. The van der Waals surface area contributed by atoms with Crippen molar-refractivity contribution in [1.82, 2.24) is 9.47 Å². The largest absolute Gasteiger partial charge is 0.336 e. The molecule has 0 aliphatic heterocycles. The van der Waals surface area contributed by atoms with E-state index in [1.807, 2.05) is 26.0 Å². The number of likely N-dealkylation sites (N-methyl/N-ethyl adjacent to an activating group) is 1. The SMILES string of the molecule is CCN(CC)C(=O)C(=O)c1cn(-c2ccc([N+](=O)[O-])cc2C)c2ccc(Br)cc12. The van der Waals surface area contributed by atoms with E-state index in [-0.39, 0.29) is 5.69 Å². The molecular formula is C21H20BrN3O4. The van der Waals surface area contributed by atoms with Gasteiger partial charge in [-0.1, -0.05) is 15.9 Å². The van der Waals surface area contributed by atoms with E-state index in [9.17, 15) is 19.7 Å². The van der Waals surface area contributed by atoms with Crippen molar-refractivity contribution in [3.63, 3.8) is 0 Å². The van der Waals surface area contributed by atoms with Gasteiger partial charge in [-0.25, -0.2) is 0 Å². The molecule has 0 aliphatic carbocycles. The van der Waals surface area contributed by atoms with E-state index in [4.69, 9.17) is 0 Å². The van der Waals surface area contributed by atoms with E-state index >= 15 is 0 Å². The molecule has 1 aromatic heterocycles. The molecule has 1 amide bonds. The molecule has 29 heavy (non-hydrogen) atoms. The Kier molecular flexibility index (Phi) is 5.83. The van der Waals surface area contributed by atoms with Gasteiger partial charge in [-0.15, -0.1) is 0 Å². The van der Waals surface area contributed by atoms with E-state index in [0.29, 0.717) is 35.3 Å². The van der Waals surface area contributed by atoms with Gasteiger partial charge in [0.2, 0.25) is 0 Å². The van der Waals surface area contributed by atoms with Crippen LogP contribution in [0.15, 0.2) is 47.1 Å². The van der Waals surface area contributed by atoms with Gasteiger partial charge in [0, 0.05) is 47.0 Å². The molecule has 0 aliphatic rings. The highest BCUT2D eigenvalue weighted by Gasteiger charge is 2.26. The highest BCUT2D eigenvalue weighted by atomic mass is 79.9. The second-order valence-electron chi connectivity index (χ2n) is 6.61. The van der Waals surface area contributed by atoms with Crippen molar-refractivity contribution in [2.45, 2.75) is 20.8 Å². The van der Waals surface area contributed by atoms with E-state index in [2.05, 4.69) is 15.9 Å². The lowest BCUT2D eigenvalue weighted by atomic mass is 10.1. The number of non-ortho nitro benzene ring substituents is 1. The first-order chi connectivity index (χ1) is 13.8. The van der Waals surface area contributed by atoms with E-state index in [1.165, 1.54) is 17.0 Å². The Hall–Kier alpha value is -3.00. The molecule has 0 radical (unpaired) electrons. The third-order valence-corrected chi connectivity index (χ3v) is 5.40. The summed E-state index contributed by atoms with van der Waals surface area (Å²) in [5, 5.41) is 11.7. The van der Waals surface area contributed by atoms with E-state index < -0.39 is 16.6 Å². The quantitative estimate of drug-likeness (QED) is 0.233. The molecule has 0 fully saturated rings. The lowest BCUT2D eigenvalue weighted by Gasteiger charge is -2.17. The summed E-state index contributed by atoms with van der Waals surface area (Å²) in [5.41, 5.74) is 2.43.